The lowest BCUT2D eigenvalue weighted by Crippen LogP contribution is -2.41. The van der Waals surface area contributed by atoms with Gasteiger partial charge in [0.05, 0.1) is 28.9 Å². The Hall–Kier alpha value is -2.69. The van der Waals surface area contributed by atoms with Gasteiger partial charge >= 0.3 is 11.8 Å². The van der Waals surface area contributed by atoms with Crippen molar-refractivity contribution in [3.05, 3.63) is 56.8 Å². The summed E-state index contributed by atoms with van der Waals surface area (Å²) in [4.78, 5) is 23.7. The summed E-state index contributed by atoms with van der Waals surface area (Å²) >= 11 is 9.43. The number of methoxy groups -OCH3 is 1. The predicted molar refractivity (Wildman–Crippen MR) is 124 cm³/mol. The van der Waals surface area contributed by atoms with E-state index >= 15 is 0 Å². The number of benzene rings is 2. The maximum Gasteiger partial charge on any atom is 0.329 e. The van der Waals surface area contributed by atoms with E-state index in [1.54, 1.807) is 18.2 Å². The zero-order valence-electron chi connectivity index (χ0n) is 17.7. The highest BCUT2D eigenvalue weighted by molar-refractivity contribution is 9.10. The molecule has 1 aliphatic heterocycles. The highest BCUT2D eigenvalue weighted by Gasteiger charge is 2.19. The van der Waals surface area contributed by atoms with Gasteiger partial charge in [0.2, 0.25) is 0 Å². The number of nitrogens with one attached hydrogen (secondary N) is 2. The average Bonchev–Trinajstić information content (AvgIpc) is 3.31. The molecule has 1 saturated heterocycles. The normalized spacial score (nSPS) is 15.5. The number of hydrazone groups is 1. The molecule has 1 atom stereocenters. The summed E-state index contributed by atoms with van der Waals surface area (Å²) < 4.78 is 31.0. The molecule has 2 amide bonds. The summed E-state index contributed by atoms with van der Waals surface area (Å²) in [5.74, 6) is -1.48. The first-order valence-corrected chi connectivity index (χ1v) is 11.2. The van der Waals surface area contributed by atoms with E-state index in [4.69, 9.17) is 25.8 Å². The fourth-order valence-corrected chi connectivity index (χ4v) is 3.87. The van der Waals surface area contributed by atoms with Crippen LogP contribution in [0.15, 0.2) is 39.9 Å². The Morgan fingerprint density at radius 1 is 1.36 bits per heavy atom. The van der Waals surface area contributed by atoms with Crippen molar-refractivity contribution in [2.45, 2.75) is 25.6 Å². The van der Waals surface area contributed by atoms with Crippen LogP contribution in [0.2, 0.25) is 5.02 Å². The Morgan fingerprint density at radius 3 is 2.88 bits per heavy atom. The van der Waals surface area contributed by atoms with Crippen LogP contribution in [-0.4, -0.2) is 44.4 Å². The van der Waals surface area contributed by atoms with Gasteiger partial charge in [-0.3, -0.25) is 9.59 Å². The number of carbonyl (C=O) groups excluding carboxylic acids is 2. The van der Waals surface area contributed by atoms with Crippen molar-refractivity contribution in [3.63, 3.8) is 0 Å². The van der Waals surface area contributed by atoms with E-state index < -0.39 is 17.6 Å². The summed E-state index contributed by atoms with van der Waals surface area (Å²) in [6.07, 6.45) is 3.07. The quantitative estimate of drug-likeness (QED) is 0.302. The van der Waals surface area contributed by atoms with Crippen LogP contribution in [0.5, 0.6) is 11.5 Å². The van der Waals surface area contributed by atoms with Gasteiger partial charge in [-0.2, -0.15) is 5.10 Å². The first kappa shape index (κ1) is 24.9. The van der Waals surface area contributed by atoms with Crippen LogP contribution in [0.3, 0.4) is 0 Å². The second-order valence-corrected chi connectivity index (χ2v) is 8.33. The molecule has 11 heteroatoms. The first-order chi connectivity index (χ1) is 15.9. The maximum atomic E-state index is 14.0. The number of rotatable bonds is 8. The molecule has 2 N–H and O–H groups in total. The molecule has 0 aliphatic carbocycles. The lowest BCUT2D eigenvalue weighted by atomic mass is 10.2. The van der Waals surface area contributed by atoms with Gasteiger partial charge in [0.15, 0.2) is 11.5 Å². The van der Waals surface area contributed by atoms with Crippen molar-refractivity contribution in [2.75, 3.05) is 20.3 Å². The average molecular weight is 543 g/mol. The van der Waals surface area contributed by atoms with Crippen molar-refractivity contribution >= 4 is 45.6 Å². The fraction of sp³-hybridized carbons (Fsp3) is 0.318. The van der Waals surface area contributed by atoms with Crippen molar-refractivity contribution in [2.24, 2.45) is 5.10 Å². The minimum Gasteiger partial charge on any atom is -0.493 e. The smallest absolute Gasteiger partial charge is 0.329 e. The molecule has 0 bridgehead atoms. The van der Waals surface area contributed by atoms with E-state index in [-0.39, 0.29) is 29.8 Å². The molecule has 0 saturated carbocycles. The molecular weight excluding hydrogens is 521 g/mol. The number of carbonyl (C=O) groups is 2. The Kier molecular flexibility index (Phi) is 9.04. The van der Waals surface area contributed by atoms with Crippen LogP contribution in [-0.2, 0) is 20.9 Å². The molecule has 0 spiro atoms. The summed E-state index contributed by atoms with van der Waals surface area (Å²) in [7, 11) is 1.45. The molecule has 1 aliphatic rings. The van der Waals surface area contributed by atoms with Gasteiger partial charge in [-0.25, -0.2) is 9.82 Å². The summed E-state index contributed by atoms with van der Waals surface area (Å²) in [6, 6.07) is 7.65. The van der Waals surface area contributed by atoms with Crippen molar-refractivity contribution in [1.29, 1.82) is 0 Å². The van der Waals surface area contributed by atoms with Crippen molar-refractivity contribution < 1.29 is 28.2 Å². The van der Waals surface area contributed by atoms with Gasteiger partial charge in [0.1, 0.15) is 12.4 Å². The summed E-state index contributed by atoms with van der Waals surface area (Å²) in [5.41, 5.74) is 2.94. The minimum atomic E-state index is -0.892. The molecule has 0 unspecified atom stereocenters. The molecule has 1 heterocycles. The zero-order valence-corrected chi connectivity index (χ0v) is 20.0. The van der Waals surface area contributed by atoms with Gasteiger partial charge in [-0.15, -0.1) is 0 Å². The van der Waals surface area contributed by atoms with Gasteiger partial charge in [0.25, 0.3) is 0 Å². The topological polar surface area (TPSA) is 98.2 Å². The van der Waals surface area contributed by atoms with Crippen molar-refractivity contribution in [3.8, 4) is 11.5 Å². The van der Waals surface area contributed by atoms with E-state index in [1.807, 2.05) is 0 Å². The third kappa shape index (κ3) is 6.89. The van der Waals surface area contributed by atoms with E-state index in [9.17, 15) is 14.0 Å². The monoisotopic (exact) mass is 541 g/mol. The van der Waals surface area contributed by atoms with Gasteiger partial charge in [0, 0.05) is 18.7 Å². The lowest BCUT2D eigenvalue weighted by Gasteiger charge is -2.14. The van der Waals surface area contributed by atoms with Crippen LogP contribution >= 0.6 is 27.5 Å². The van der Waals surface area contributed by atoms with E-state index in [0.29, 0.717) is 28.1 Å². The van der Waals surface area contributed by atoms with E-state index in [1.165, 1.54) is 25.5 Å². The minimum absolute atomic E-state index is 0.0646. The number of halogens is 3. The summed E-state index contributed by atoms with van der Waals surface area (Å²) in [6.45, 7) is 0.835. The van der Waals surface area contributed by atoms with Gasteiger partial charge < -0.3 is 19.5 Å². The molecule has 2 aromatic rings. The molecule has 0 aromatic heterocycles. The number of amides is 2. The van der Waals surface area contributed by atoms with E-state index in [2.05, 4.69) is 31.8 Å². The lowest BCUT2D eigenvalue weighted by molar-refractivity contribution is -0.139. The number of hydrogen-bond donors (Lipinski definition) is 2. The Balaban J connectivity index is 1.59. The highest BCUT2D eigenvalue weighted by Crippen LogP contribution is 2.37. The number of nitrogens with zero attached hydrogens (tertiary/aromatic N) is 1. The highest BCUT2D eigenvalue weighted by atomic mass is 79.9. The second-order valence-electron chi connectivity index (χ2n) is 7.07. The van der Waals surface area contributed by atoms with Crippen LogP contribution in [0, 0.1) is 5.82 Å². The molecule has 33 heavy (non-hydrogen) atoms. The Bertz CT molecular complexity index is 1030. The SMILES string of the molecule is COc1cc(/C=N\NC(=O)C(=O)NC[C@@H]2CCCO2)cc(Br)c1OCc1c(F)cccc1Cl. The maximum absolute atomic E-state index is 14.0. The molecule has 176 valence electrons. The largest absolute Gasteiger partial charge is 0.493 e. The Labute approximate surface area is 203 Å². The predicted octanol–water partition coefficient (Wildman–Crippen LogP) is 3.57. The zero-order chi connectivity index (χ0) is 23.8. The molecular formula is C22H22BrClFN3O5. The molecule has 0 radical (unpaired) electrons. The standard InChI is InChI=1S/C22H22BrClFN3O5/c1-31-19-9-13(10-27-28-22(30)21(29)26-11-14-4-3-7-32-14)8-16(23)20(19)33-12-15-17(24)5-2-6-18(15)25/h2,5-6,8-10,14H,3-4,7,11-12H2,1H3,(H,26,29)(H,28,30)/b27-10-/t14-/m0/s1. The first-order valence-electron chi connectivity index (χ1n) is 10.0. The molecule has 3 rings (SSSR count). The molecule has 2 aromatic carbocycles. The van der Waals surface area contributed by atoms with Crippen LogP contribution < -0.4 is 20.2 Å². The second kappa shape index (κ2) is 12.0. The Morgan fingerprint density at radius 2 is 2.18 bits per heavy atom. The molecule has 1 fully saturated rings. The number of ether oxygens (including phenoxy) is 3. The third-order valence-electron chi connectivity index (χ3n) is 4.77. The van der Waals surface area contributed by atoms with Crippen LogP contribution in [0.25, 0.3) is 0 Å². The van der Waals surface area contributed by atoms with Gasteiger partial charge in [-0.05, 0) is 58.6 Å². The molecule has 8 nitrogen and oxygen atoms in total. The summed E-state index contributed by atoms with van der Waals surface area (Å²) in [5, 5.41) is 6.57. The van der Waals surface area contributed by atoms with E-state index in [0.717, 1.165) is 12.8 Å². The third-order valence-corrected chi connectivity index (χ3v) is 5.72. The van der Waals surface area contributed by atoms with Crippen LogP contribution in [0.4, 0.5) is 4.39 Å². The van der Waals surface area contributed by atoms with Gasteiger partial charge in [-0.1, -0.05) is 17.7 Å². The fourth-order valence-electron chi connectivity index (χ4n) is 3.08. The van der Waals surface area contributed by atoms with Crippen LogP contribution in [0.1, 0.15) is 24.0 Å². The van der Waals surface area contributed by atoms with Crippen molar-refractivity contribution in [1.82, 2.24) is 10.7 Å². The number of hydrogen-bond acceptors (Lipinski definition) is 6.